The van der Waals surface area contributed by atoms with Gasteiger partial charge in [0.05, 0.1) is 13.7 Å². The number of rotatable bonds is 9. The van der Waals surface area contributed by atoms with E-state index in [0.717, 1.165) is 19.5 Å². The molecule has 102 valence electrons. The minimum atomic E-state index is -0.233. The lowest BCUT2D eigenvalue weighted by Crippen LogP contribution is -2.41. The van der Waals surface area contributed by atoms with Crippen molar-refractivity contribution in [1.29, 1.82) is 0 Å². The summed E-state index contributed by atoms with van der Waals surface area (Å²) in [6, 6.07) is 0.212. The van der Waals surface area contributed by atoms with E-state index in [2.05, 4.69) is 24.1 Å². The molecule has 0 bridgehead atoms. The molecule has 0 rings (SSSR count). The van der Waals surface area contributed by atoms with Gasteiger partial charge in [-0.25, -0.2) is 0 Å². The van der Waals surface area contributed by atoms with Gasteiger partial charge in [-0.3, -0.25) is 9.69 Å². The van der Waals surface area contributed by atoms with E-state index >= 15 is 0 Å². The fraction of sp³-hybridized carbons (Fsp3) is 0.917. The Hall–Kier alpha value is -0.650. The van der Waals surface area contributed by atoms with E-state index in [9.17, 15) is 4.79 Å². The summed E-state index contributed by atoms with van der Waals surface area (Å²) in [7, 11) is 4.89. The van der Waals surface area contributed by atoms with E-state index in [4.69, 9.17) is 9.47 Å². The van der Waals surface area contributed by atoms with Crippen molar-refractivity contribution >= 4 is 5.97 Å². The van der Waals surface area contributed by atoms with Gasteiger partial charge in [-0.05, 0) is 27.3 Å². The van der Waals surface area contributed by atoms with Crippen molar-refractivity contribution < 1.29 is 14.3 Å². The van der Waals surface area contributed by atoms with Crippen LogP contribution in [0.4, 0.5) is 0 Å². The van der Waals surface area contributed by atoms with Crippen LogP contribution in [0.3, 0.4) is 0 Å². The normalized spacial score (nSPS) is 13.1. The summed E-state index contributed by atoms with van der Waals surface area (Å²) in [6.07, 6.45) is 0.741. The molecule has 5 heteroatoms. The van der Waals surface area contributed by atoms with Gasteiger partial charge in [-0.15, -0.1) is 0 Å². The molecule has 0 saturated heterocycles. The molecule has 1 N–H and O–H groups in total. The Morgan fingerprint density at radius 2 is 1.94 bits per heavy atom. The topological polar surface area (TPSA) is 50.8 Å². The van der Waals surface area contributed by atoms with Crippen LogP contribution in [0.2, 0.25) is 0 Å². The first-order valence-corrected chi connectivity index (χ1v) is 6.04. The maximum atomic E-state index is 11.4. The Morgan fingerprint density at radius 3 is 2.35 bits per heavy atom. The molecular formula is C12H26N2O3. The molecule has 1 unspecified atom stereocenters. The Labute approximate surface area is 104 Å². The van der Waals surface area contributed by atoms with Crippen molar-refractivity contribution in [1.82, 2.24) is 10.2 Å². The second-order valence-electron chi connectivity index (χ2n) is 4.28. The summed E-state index contributed by atoms with van der Waals surface area (Å²) in [6.45, 7) is 6.72. The number of hydrogen-bond acceptors (Lipinski definition) is 5. The average Bonchev–Trinajstić information content (AvgIpc) is 2.32. The van der Waals surface area contributed by atoms with Crippen LogP contribution in [0, 0.1) is 0 Å². The van der Waals surface area contributed by atoms with Gasteiger partial charge >= 0.3 is 5.97 Å². The summed E-state index contributed by atoms with van der Waals surface area (Å²) in [5.41, 5.74) is 0. The molecule has 0 heterocycles. The minimum absolute atomic E-state index is 0.206. The zero-order chi connectivity index (χ0) is 13.3. The highest BCUT2D eigenvalue weighted by Gasteiger charge is 2.18. The second-order valence-corrected chi connectivity index (χ2v) is 4.28. The zero-order valence-electron chi connectivity index (χ0n) is 11.7. The molecule has 0 fully saturated rings. The van der Waals surface area contributed by atoms with Crippen molar-refractivity contribution in [3.8, 4) is 0 Å². The van der Waals surface area contributed by atoms with E-state index in [1.165, 1.54) is 7.11 Å². The highest BCUT2D eigenvalue weighted by atomic mass is 16.5. The number of carbonyl (C=O) groups excluding carboxylic acids is 1. The van der Waals surface area contributed by atoms with E-state index in [1.807, 2.05) is 0 Å². The first-order chi connectivity index (χ1) is 8.06. The Balaban J connectivity index is 4.12. The van der Waals surface area contributed by atoms with Gasteiger partial charge in [0.2, 0.25) is 0 Å². The lowest BCUT2D eigenvalue weighted by Gasteiger charge is -2.27. The molecule has 0 aromatic carbocycles. The number of nitrogens with one attached hydrogen (secondary N) is 1. The van der Waals surface area contributed by atoms with Crippen LogP contribution in [0.1, 0.15) is 20.3 Å². The highest BCUT2D eigenvalue weighted by Crippen LogP contribution is 2.03. The minimum Gasteiger partial charge on any atom is -0.468 e. The van der Waals surface area contributed by atoms with Gasteiger partial charge in [0.1, 0.15) is 6.04 Å². The predicted octanol–water partition coefficient (Wildman–Crippen LogP) is 0.494. The molecule has 0 radical (unpaired) electrons. The fourth-order valence-electron chi connectivity index (χ4n) is 1.65. The van der Waals surface area contributed by atoms with E-state index in [0.29, 0.717) is 12.6 Å². The van der Waals surface area contributed by atoms with Gasteiger partial charge in [0.15, 0.2) is 0 Å². The summed E-state index contributed by atoms with van der Waals surface area (Å²) in [4.78, 5) is 13.7. The van der Waals surface area contributed by atoms with Crippen LogP contribution in [0.5, 0.6) is 0 Å². The van der Waals surface area contributed by atoms with Gasteiger partial charge < -0.3 is 14.8 Å². The van der Waals surface area contributed by atoms with E-state index in [-0.39, 0.29) is 12.0 Å². The molecule has 0 aromatic rings. The van der Waals surface area contributed by atoms with Crippen LogP contribution < -0.4 is 5.32 Å². The first kappa shape index (κ1) is 16.4. The summed E-state index contributed by atoms with van der Waals surface area (Å²) < 4.78 is 9.81. The van der Waals surface area contributed by atoms with E-state index in [1.54, 1.807) is 14.2 Å². The molecule has 0 aliphatic heterocycles. The van der Waals surface area contributed by atoms with Gasteiger partial charge in [0.25, 0.3) is 0 Å². The van der Waals surface area contributed by atoms with Crippen LogP contribution in [-0.4, -0.2) is 63.9 Å². The Bertz CT molecular complexity index is 210. The number of likely N-dealkylation sites (N-methyl/N-ethyl adjacent to an activating group) is 1. The van der Waals surface area contributed by atoms with Crippen LogP contribution in [0.15, 0.2) is 0 Å². The third kappa shape index (κ3) is 6.61. The number of nitrogens with zero attached hydrogens (tertiary/aromatic N) is 1. The highest BCUT2D eigenvalue weighted by molar-refractivity contribution is 5.75. The fourth-order valence-corrected chi connectivity index (χ4v) is 1.65. The van der Waals surface area contributed by atoms with E-state index < -0.39 is 0 Å². The molecular weight excluding hydrogens is 220 g/mol. The molecule has 17 heavy (non-hydrogen) atoms. The SMILES string of the molecule is CNC(CCN(CCOC)C(C)C)C(=O)OC. The third-order valence-electron chi connectivity index (χ3n) is 2.85. The number of hydrogen-bond donors (Lipinski definition) is 1. The number of ether oxygens (including phenoxy) is 2. The number of carbonyl (C=O) groups is 1. The summed E-state index contributed by atoms with van der Waals surface area (Å²) in [5, 5.41) is 2.97. The van der Waals surface area contributed by atoms with Gasteiger partial charge in [0, 0.05) is 26.2 Å². The molecule has 0 saturated carbocycles. The first-order valence-electron chi connectivity index (χ1n) is 6.04. The van der Waals surface area contributed by atoms with Gasteiger partial charge in [-0.1, -0.05) is 0 Å². The van der Waals surface area contributed by atoms with Crippen molar-refractivity contribution in [2.75, 3.05) is 41.0 Å². The molecule has 0 aliphatic rings. The number of methoxy groups -OCH3 is 2. The molecule has 1 atom stereocenters. The molecule has 5 nitrogen and oxygen atoms in total. The smallest absolute Gasteiger partial charge is 0.322 e. The standard InChI is InChI=1S/C12H26N2O3/c1-10(2)14(8-9-16-4)7-6-11(13-3)12(15)17-5/h10-11,13H,6-9H2,1-5H3. The van der Waals surface area contributed by atoms with Crippen molar-refractivity contribution in [3.63, 3.8) is 0 Å². The average molecular weight is 246 g/mol. The summed E-state index contributed by atoms with van der Waals surface area (Å²) in [5.74, 6) is -0.206. The molecule has 0 aliphatic carbocycles. The van der Waals surface area contributed by atoms with Crippen LogP contribution >= 0.6 is 0 Å². The maximum absolute atomic E-state index is 11.4. The summed E-state index contributed by atoms with van der Waals surface area (Å²) >= 11 is 0. The predicted molar refractivity (Wildman–Crippen MR) is 68.1 cm³/mol. The third-order valence-corrected chi connectivity index (χ3v) is 2.85. The number of esters is 1. The second kappa shape index (κ2) is 9.39. The molecule has 0 aromatic heterocycles. The van der Waals surface area contributed by atoms with Crippen molar-refractivity contribution in [2.45, 2.75) is 32.4 Å². The van der Waals surface area contributed by atoms with Gasteiger partial charge in [-0.2, -0.15) is 0 Å². The molecule has 0 spiro atoms. The lowest BCUT2D eigenvalue weighted by molar-refractivity contribution is -0.143. The quantitative estimate of drug-likeness (QED) is 0.600. The Morgan fingerprint density at radius 1 is 1.29 bits per heavy atom. The Kier molecular flexibility index (Phi) is 9.03. The van der Waals surface area contributed by atoms with Crippen LogP contribution in [-0.2, 0) is 14.3 Å². The largest absolute Gasteiger partial charge is 0.468 e. The van der Waals surface area contributed by atoms with Crippen molar-refractivity contribution in [2.24, 2.45) is 0 Å². The van der Waals surface area contributed by atoms with Crippen molar-refractivity contribution in [3.05, 3.63) is 0 Å². The monoisotopic (exact) mass is 246 g/mol. The van der Waals surface area contributed by atoms with Crippen LogP contribution in [0.25, 0.3) is 0 Å². The molecule has 0 amide bonds. The lowest BCUT2D eigenvalue weighted by atomic mass is 10.2. The maximum Gasteiger partial charge on any atom is 0.322 e. The zero-order valence-corrected chi connectivity index (χ0v) is 11.7.